The summed E-state index contributed by atoms with van der Waals surface area (Å²) in [6.07, 6.45) is -0.748. The number of sulfonamides is 2. The lowest BCUT2D eigenvalue weighted by Crippen LogP contribution is -2.50. The van der Waals surface area contributed by atoms with Crippen molar-refractivity contribution >= 4 is 54.3 Å². The fourth-order valence-electron chi connectivity index (χ4n) is 4.07. The minimum absolute atomic E-state index is 0.00578. The molecule has 0 aliphatic carbocycles. The van der Waals surface area contributed by atoms with E-state index < -0.39 is 38.1 Å². The molecule has 1 amide bonds. The maximum atomic E-state index is 13.6. The molecular weight excluding hydrogens is 571 g/mol. The second-order valence-electron chi connectivity index (χ2n) is 9.06. The topological polar surface area (TPSA) is 133 Å². The summed E-state index contributed by atoms with van der Waals surface area (Å²) in [6.45, 7) is 3.39. The molecule has 4 rings (SSSR count). The highest BCUT2D eigenvalue weighted by molar-refractivity contribution is 7.94. The van der Waals surface area contributed by atoms with Gasteiger partial charge in [0.25, 0.3) is 26.0 Å². The number of fused-ring (bicyclic) bond motifs is 1. The number of carbonyl (C=O) groups is 1. The highest BCUT2D eigenvalue weighted by atomic mass is 32.3. The van der Waals surface area contributed by atoms with Gasteiger partial charge in [0.05, 0.1) is 30.4 Å². The third-order valence-electron chi connectivity index (χ3n) is 6.29. The largest absolute Gasteiger partial charge is 0.486 e. The molecule has 1 aliphatic heterocycles. The summed E-state index contributed by atoms with van der Waals surface area (Å²) in [5.41, 5.74) is 0.168. The number of hydrogen-bond acceptors (Lipinski definition) is 9. The zero-order valence-corrected chi connectivity index (χ0v) is 24.2. The van der Waals surface area contributed by atoms with Crippen LogP contribution in [0.15, 0.2) is 61.6 Å². The molecule has 3 atom stereocenters. The van der Waals surface area contributed by atoms with Gasteiger partial charge >= 0.3 is 0 Å². The summed E-state index contributed by atoms with van der Waals surface area (Å²) in [4.78, 5) is 15.1. The van der Waals surface area contributed by atoms with Gasteiger partial charge < -0.3 is 14.7 Å². The third kappa shape index (κ3) is 5.75. The van der Waals surface area contributed by atoms with Gasteiger partial charge in [-0.1, -0.05) is 25.1 Å². The lowest BCUT2D eigenvalue weighted by Gasteiger charge is -2.38. The Morgan fingerprint density at radius 2 is 1.76 bits per heavy atom. The Morgan fingerprint density at radius 1 is 1.11 bits per heavy atom. The number of nitrogens with zero attached hydrogens (tertiary/aromatic N) is 2. The molecule has 0 radical (unpaired) electrons. The van der Waals surface area contributed by atoms with Gasteiger partial charge in [-0.3, -0.25) is 9.52 Å². The average molecular weight is 600 g/mol. The average Bonchev–Trinajstić information content (AvgIpc) is 3.61. The van der Waals surface area contributed by atoms with E-state index in [4.69, 9.17) is 4.74 Å². The minimum atomic E-state index is -3.96. The van der Waals surface area contributed by atoms with Gasteiger partial charge in [-0.25, -0.2) is 16.8 Å². The van der Waals surface area contributed by atoms with E-state index in [0.29, 0.717) is 0 Å². The molecule has 14 heteroatoms. The van der Waals surface area contributed by atoms with Crippen LogP contribution in [0.1, 0.15) is 24.2 Å². The Morgan fingerprint density at radius 3 is 2.37 bits per heavy atom. The first-order valence-corrected chi connectivity index (χ1v) is 16.4. The van der Waals surface area contributed by atoms with Gasteiger partial charge in [-0.05, 0) is 41.9 Å². The fourth-order valence-corrected chi connectivity index (χ4v) is 8.51. The second-order valence-corrected chi connectivity index (χ2v) is 15.1. The monoisotopic (exact) mass is 599 g/mol. The highest BCUT2D eigenvalue weighted by Gasteiger charge is 2.36. The molecule has 0 saturated carbocycles. The normalized spacial score (nSPS) is 19.4. The van der Waals surface area contributed by atoms with Crippen LogP contribution < -0.4 is 9.46 Å². The van der Waals surface area contributed by atoms with Crippen LogP contribution in [-0.2, 0) is 20.0 Å². The van der Waals surface area contributed by atoms with Crippen LogP contribution in [0.4, 0.5) is 5.69 Å². The zero-order chi connectivity index (χ0) is 27.7. The Bertz CT molecular complexity index is 1470. The van der Waals surface area contributed by atoms with Crippen molar-refractivity contribution in [3.8, 4) is 5.75 Å². The molecule has 1 aliphatic rings. The van der Waals surface area contributed by atoms with E-state index in [-0.39, 0.29) is 51.0 Å². The Kier molecular flexibility index (Phi) is 8.49. The third-order valence-corrected chi connectivity index (χ3v) is 12.3. The molecule has 0 fully saturated rings. The molecule has 206 valence electrons. The molecule has 38 heavy (non-hydrogen) atoms. The van der Waals surface area contributed by atoms with Gasteiger partial charge in [-0.2, -0.15) is 4.31 Å². The number of amides is 1. The number of nitrogens with one attached hydrogen (secondary N) is 1. The number of benzene rings is 1. The molecule has 0 spiro atoms. The van der Waals surface area contributed by atoms with Crippen molar-refractivity contribution in [2.45, 2.75) is 34.4 Å². The maximum absolute atomic E-state index is 13.6. The molecule has 0 saturated heterocycles. The summed E-state index contributed by atoms with van der Waals surface area (Å²) >= 11 is 2.15. The number of likely N-dealkylation sites (N-methyl/N-ethyl adjacent to an activating group) is 1. The second kappa shape index (κ2) is 11.3. The molecule has 2 N–H and O–H groups in total. The summed E-state index contributed by atoms with van der Waals surface area (Å²) < 4.78 is 62.6. The molecule has 2 aromatic heterocycles. The molecule has 3 heterocycles. The summed E-state index contributed by atoms with van der Waals surface area (Å²) in [5, 5.41) is 13.2. The number of carbonyl (C=O) groups excluding carboxylic acids is 1. The number of hydrogen-bond donors (Lipinski definition) is 2. The first-order valence-electron chi connectivity index (χ1n) is 11.7. The number of ether oxygens (including phenoxy) is 1. The fraction of sp³-hybridized carbons (Fsp3) is 0.375. The summed E-state index contributed by atoms with van der Waals surface area (Å²) in [6, 6.07) is 10.3. The highest BCUT2D eigenvalue weighted by Crippen LogP contribution is 2.36. The number of para-hydroxylation sites is 1. The Balaban J connectivity index is 1.76. The van der Waals surface area contributed by atoms with Crippen LogP contribution in [0.5, 0.6) is 5.75 Å². The van der Waals surface area contributed by atoms with E-state index in [1.165, 1.54) is 40.5 Å². The predicted octanol–water partition coefficient (Wildman–Crippen LogP) is 3.15. The molecule has 3 aromatic rings. The van der Waals surface area contributed by atoms with Gasteiger partial charge in [0.2, 0.25) is 0 Å². The van der Waals surface area contributed by atoms with Crippen molar-refractivity contribution in [3.63, 3.8) is 0 Å². The van der Waals surface area contributed by atoms with Crippen LogP contribution in [0.3, 0.4) is 0 Å². The maximum Gasteiger partial charge on any atom is 0.271 e. The van der Waals surface area contributed by atoms with Crippen LogP contribution in [0.2, 0.25) is 0 Å². The number of anilines is 1. The molecule has 10 nitrogen and oxygen atoms in total. The number of thiophene rings is 2. The molecular formula is C24H29N3O7S4. The van der Waals surface area contributed by atoms with Crippen molar-refractivity contribution in [2.75, 3.05) is 31.5 Å². The van der Waals surface area contributed by atoms with Crippen molar-refractivity contribution in [3.05, 3.63) is 58.8 Å². The van der Waals surface area contributed by atoms with E-state index in [1.54, 1.807) is 35.9 Å². The van der Waals surface area contributed by atoms with E-state index in [2.05, 4.69) is 4.72 Å². The van der Waals surface area contributed by atoms with Crippen molar-refractivity contribution in [1.29, 1.82) is 0 Å². The number of aliphatic hydroxyl groups excluding tert-OH is 1. The lowest BCUT2D eigenvalue weighted by molar-refractivity contribution is 0.0389. The van der Waals surface area contributed by atoms with Gasteiger partial charge in [0.1, 0.15) is 14.5 Å². The van der Waals surface area contributed by atoms with Gasteiger partial charge in [0.15, 0.2) is 5.75 Å². The minimum Gasteiger partial charge on any atom is -0.486 e. The van der Waals surface area contributed by atoms with Crippen molar-refractivity contribution < 1.29 is 31.5 Å². The van der Waals surface area contributed by atoms with Crippen LogP contribution in [0.25, 0.3) is 0 Å². The first-order chi connectivity index (χ1) is 18.0. The van der Waals surface area contributed by atoms with Crippen LogP contribution >= 0.6 is 22.7 Å². The van der Waals surface area contributed by atoms with Crippen LogP contribution in [0, 0.1) is 5.92 Å². The SMILES string of the molecule is C[C@H](CO)N1C[C@H](C)[C@@H](CN(C)S(=O)(=O)c2cccs2)Oc2c(NS(=O)(=O)c3cccs3)cccc2C1=O. The number of aliphatic hydroxyl groups is 1. The standard InChI is InChI=1S/C24H29N3O7S4/c1-16-13-27(17(2)15-28)24(29)18-7-4-8-19(25-37(30,31)21-9-5-11-35-21)23(18)34-20(16)14-26(3)38(32,33)22-10-6-12-36-22/h4-12,16-17,20,25,28H,13-15H2,1-3H3/t16-,17+,20+/m0/s1. The van der Waals surface area contributed by atoms with Crippen molar-refractivity contribution in [1.82, 2.24) is 9.21 Å². The van der Waals surface area contributed by atoms with E-state index in [9.17, 15) is 26.7 Å². The Hall–Kier alpha value is -2.49. The van der Waals surface area contributed by atoms with Crippen LogP contribution in [-0.4, -0.2) is 75.9 Å². The quantitative estimate of drug-likeness (QED) is 0.386. The number of rotatable bonds is 9. The zero-order valence-electron chi connectivity index (χ0n) is 21.0. The smallest absolute Gasteiger partial charge is 0.271 e. The first kappa shape index (κ1) is 28.5. The molecule has 1 aromatic carbocycles. The van der Waals surface area contributed by atoms with E-state index in [0.717, 1.165) is 22.7 Å². The van der Waals surface area contributed by atoms with E-state index in [1.807, 2.05) is 6.92 Å². The van der Waals surface area contributed by atoms with Gasteiger partial charge in [-0.15, -0.1) is 22.7 Å². The molecule has 0 bridgehead atoms. The summed E-state index contributed by atoms with van der Waals surface area (Å²) in [5.74, 6) is -0.793. The predicted molar refractivity (Wildman–Crippen MR) is 147 cm³/mol. The van der Waals surface area contributed by atoms with E-state index >= 15 is 0 Å². The molecule has 0 unspecified atom stereocenters. The Labute approximate surface area is 230 Å². The summed E-state index contributed by atoms with van der Waals surface area (Å²) in [7, 11) is -6.30. The van der Waals surface area contributed by atoms with Gasteiger partial charge in [0, 0.05) is 19.5 Å². The lowest BCUT2D eigenvalue weighted by atomic mass is 9.99. The van der Waals surface area contributed by atoms with Crippen molar-refractivity contribution in [2.24, 2.45) is 5.92 Å².